The third kappa shape index (κ3) is 2.93. The van der Waals surface area contributed by atoms with Crippen LogP contribution in [0, 0.1) is 10.1 Å². The molecule has 0 aliphatic heterocycles. The van der Waals surface area contributed by atoms with E-state index < -0.39 is 4.92 Å². The van der Waals surface area contributed by atoms with Crippen molar-refractivity contribution in [3.05, 3.63) is 58.0 Å². The van der Waals surface area contributed by atoms with Gasteiger partial charge in [0.2, 0.25) is 0 Å². The summed E-state index contributed by atoms with van der Waals surface area (Å²) in [5.41, 5.74) is 2.25. The van der Waals surface area contributed by atoms with Gasteiger partial charge in [0.1, 0.15) is 5.01 Å². The Morgan fingerprint density at radius 3 is 2.62 bits per heavy atom. The minimum absolute atomic E-state index is 0.0426. The smallest absolute Gasteiger partial charge is 0.270 e. The zero-order valence-electron chi connectivity index (χ0n) is 13.1. The van der Waals surface area contributed by atoms with Crippen LogP contribution in [0.2, 0.25) is 0 Å². The summed E-state index contributed by atoms with van der Waals surface area (Å²) in [5, 5.41) is 13.5. The monoisotopic (exact) mass is 342 g/mol. The first-order chi connectivity index (χ1) is 11.6. The van der Waals surface area contributed by atoms with Crippen LogP contribution in [0.5, 0.6) is 11.5 Å². The lowest BCUT2D eigenvalue weighted by molar-refractivity contribution is -0.384. The lowest BCUT2D eigenvalue weighted by Crippen LogP contribution is -1.93. The molecule has 0 spiro atoms. The predicted octanol–water partition coefficient (Wildman–Crippen LogP) is 4.40. The van der Waals surface area contributed by atoms with Crippen molar-refractivity contribution in [3.8, 4) is 33.3 Å². The number of thiazole rings is 1. The van der Waals surface area contributed by atoms with E-state index in [0.717, 1.165) is 10.6 Å². The van der Waals surface area contributed by atoms with Gasteiger partial charge in [0.25, 0.3) is 5.69 Å². The Kier molecular flexibility index (Phi) is 4.43. The second kappa shape index (κ2) is 6.67. The van der Waals surface area contributed by atoms with Gasteiger partial charge in [0.15, 0.2) is 11.5 Å². The van der Waals surface area contributed by atoms with Crippen LogP contribution in [0.1, 0.15) is 0 Å². The standard InChI is InChI=1S/C17H14N2O4S/c1-22-15-8-4-7-13(16(15)23-2)17-18-14(10-24-17)11-5-3-6-12(9-11)19(20)21/h3-10H,1-2H3. The lowest BCUT2D eigenvalue weighted by atomic mass is 10.1. The third-order valence-electron chi connectivity index (χ3n) is 3.49. The van der Waals surface area contributed by atoms with Gasteiger partial charge in [-0.25, -0.2) is 4.98 Å². The molecule has 7 heteroatoms. The second-order valence-corrected chi connectivity index (χ2v) is 5.74. The highest BCUT2D eigenvalue weighted by molar-refractivity contribution is 7.13. The van der Waals surface area contributed by atoms with Crippen LogP contribution in [0.15, 0.2) is 47.8 Å². The van der Waals surface area contributed by atoms with E-state index in [1.807, 2.05) is 23.6 Å². The predicted molar refractivity (Wildman–Crippen MR) is 92.7 cm³/mol. The highest BCUT2D eigenvalue weighted by Crippen LogP contribution is 2.40. The van der Waals surface area contributed by atoms with Gasteiger partial charge in [-0.15, -0.1) is 11.3 Å². The van der Waals surface area contributed by atoms with Crippen LogP contribution in [0.4, 0.5) is 5.69 Å². The fraction of sp³-hybridized carbons (Fsp3) is 0.118. The van der Waals surface area contributed by atoms with Crippen molar-refractivity contribution in [3.63, 3.8) is 0 Å². The van der Waals surface area contributed by atoms with E-state index in [9.17, 15) is 10.1 Å². The molecule has 3 aromatic rings. The maximum Gasteiger partial charge on any atom is 0.270 e. The van der Waals surface area contributed by atoms with Crippen LogP contribution >= 0.6 is 11.3 Å². The molecule has 24 heavy (non-hydrogen) atoms. The average molecular weight is 342 g/mol. The Hall–Kier alpha value is -2.93. The van der Waals surface area contributed by atoms with E-state index in [1.54, 1.807) is 26.4 Å². The molecule has 0 atom stereocenters. The number of hydrogen-bond donors (Lipinski definition) is 0. The molecule has 0 radical (unpaired) electrons. The van der Waals surface area contributed by atoms with E-state index in [2.05, 4.69) is 4.98 Å². The maximum atomic E-state index is 10.9. The van der Waals surface area contributed by atoms with Gasteiger partial charge in [-0.1, -0.05) is 18.2 Å². The van der Waals surface area contributed by atoms with Crippen LogP contribution < -0.4 is 9.47 Å². The highest BCUT2D eigenvalue weighted by atomic mass is 32.1. The molecule has 0 amide bonds. The van der Waals surface area contributed by atoms with E-state index in [-0.39, 0.29) is 5.69 Å². The summed E-state index contributed by atoms with van der Waals surface area (Å²) < 4.78 is 10.7. The minimum atomic E-state index is -0.415. The number of rotatable bonds is 5. The summed E-state index contributed by atoms with van der Waals surface area (Å²) in [6.45, 7) is 0. The lowest BCUT2D eigenvalue weighted by Gasteiger charge is -2.10. The molecular weight excluding hydrogens is 328 g/mol. The molecule has 1 heterocycles. The number of nitrogens with zero attached hydrogens (tertiary/aromatic N) is 2. The van der Waals surface area contributed by atoms with E-state index >= 15 is 0 Å². The number of methoxy groups -OCH3 is 2. The first-order valence-electron chi connectivity index (χ1n) is 7.05. The summed E-state index contributed by atoms with van der Waals surface area (Å²) in [5.74, 6) is 1.24. The fourth-order valence-electron chi connectivity index (χ4n) is 2.36. The van der Waals surface area contributed by atoms with E-state index in [4.69, 9.17) is 9.47 Å². The molecule has 0 bridgehead atoms. The van der Waals surface area contributed by atoms with Gasteiger partial charge in [-0.05, 0) is 12.1 Å². The SMILES string of the molecule is COc1cccc(-c2nc(-c3cccc([N+](=O)[O-])c3)cs2)c1OC. The normalized spacial score (nSPS) is 10.4. The number of aromatic nitrogens is 1. The zero-order chi connectivity index (χ0) is 17.1. The molecular formula is C17H14N2O4S. The van der Waals surface area contributed by atoms with Crippen molar-refractivity contribution in [2.24, 2.45) is 0 Å². The fourth-order valence-corrected chi connectivity index (χ4v) is 3.22. The van der Waals surface area contributed by atoms with Crippen LogP contribution in [0.3, 0.4) is 0 Å². The van der Waals surface area contributed by atoms with Gasteiger partial charge in [0, 0.05) is 23.1 Å². The van der Waals surface area contributed by atoms with Gasteiger partial charge in [0.05, 0.1) is 30.4 Å². The number of nitro benzene ring substituents is 1. The molecule has 2 aromatic carbocycles. The summed E-state index contributed by atoms with van der Waals surface area (Å²) in [4.78, 5) is 15.1. The molecule has 0 fully saturated rings. The zero-order valence-corrected chi connectivity index (χ0v) is 13.9. The highest BCUT2D eigenvalue weighted by Gasteiger charge is 2.16. The number of nitro groups is 1. The molecule has 6 nitrogen and oxygen atoms in total. The van der Waals surface area contributed by atoms with Crippen molar-refractivity contribution in [1.29, 1.82) is 0 Å². The largest absolute Gasteiger partial charge is 0.493 e. The van der Waals surface area contributed by atoms with Crippen molar-refractivity contribution in [2.75, 3.05) is 14.2 Å². The van der Waals surface area contributed by atoms with Crippen molar-refractivity contribution in [1.82, 2.24) is 4.98 Å². The molecule has 0 unspecified atom stereocenters. The number of non-ortho nitro benzene ring substituents is 1. The van der Waals surface area contributed by atoms with Crippen molar-refractivity contribution < 1.29 is 14.4 Å². The second-order valence-electron chi connectivity index (χ2n) is 4.89. The summed E-state index contributed by atoms with van der Waals surface area (Å²) in [6, 6.07) is 12.0. The molecule has 0 aliphatic carbocycles. The van der Waals surface area contributed by atoms with Crippen molar-refractivity contribution >= 4 is 17.0 Å². The molecule has 0 aliphatic rings. The summed E-state index contributed by atoms with van der Waals surface area (Å²) in [7, 11) is 3.16. The molecule has 3 rings (SSSR count). The Morgan fingerprint density at radius 1 is 1.12 bits per heavy atom. The number of hydrogen-bond acceptors (Lipinski definition) is 6. The average Bonchev–Trinajstić information content (AvgIpc) is 3.11. The molecule has 0 saturated carbocycles. The van der Waals surface area contributed by atoms with Gasteiger partial charge >= 0.3 is 0 Å². The third-order valence-corrected chi connectivity index (χ3v) is 4.37. The summed E-state index contributed by atoms with van der Waals surface area (Å²) in [6.07, 6.45) is 0. The summed E-state index contributed by atoms with van der Waals surface area (Å²) >= 11 is 1.44. The number of benzene rings is 2. The van der Waals surface area contributed by atoms with Crippen molar-refractivity contribution in [2.45, 2.75) is 0 Å². The number of para-hydroxylation sites is 1. The Labute approximate surface area is 142 Å². The molecule has 0 saturated heterocycles. The van der Waals surface area contributed by atoms with Gasteiger partial charge < -0.3 is 9.47 Å². The number of ether oxygens (including phenoxy) is 2. The van der Waals surface area contributed by atoms with Crippen LogP contribution in [-0.4, -0.2) is 24.1 Å². The van der Waals surface area contributed by atoms with Gasteiger partial charge in [-0.2, -0.15) is 0 Å². The van der Waals surface area contributed by atoms with E-state index in [1.165, 1.54) is 23.5 Å². The molecule has 0 N–H and O–H groups in total. The first kappa shape index (κ1) is 15.9. The maximum absolute atomic E-state index is 10.9. The topological polar surface area (TPSA) is 74.5 Å². The minimum Gasteiger partial charge on any atom is -0.493 e. The van der Waals surface area contributed by atoms with Gasteiger partial charge in [-0.3, -0.25) is 10.1 Å². The molecule has 122 valence electrons. The quantitative estimate of drug-likeness (QED) is 0.507. The Bertz CT molecular complexity index is 892. The van der Waals surface area contributed by atoms with E-state index in [0.29, 0.717) is 22.8 Å². The Morgan fingerprint density at radius 2 is 1.92 bits per heavy atom. The van der Waals surface area contributed by atoms with Crippen LogP contribution in [-0.2, 0) is 0 Å². The van der Waals surface area contributed by atoms with Crippen LogP contribution in [0.25, 0.3) is 21.8 Å². The first-order valence-corrected chi connectivity index (χ1v) is 7.93. The Balaban J connectivity index is 2.03. The molecule has 1 aromatic heterocycles.